The summed E-state index contributed by atoms with van der Waals surface area (Å²) in [4.78, 5) is 11.4. The zero-order valence-corrected chi connectivity index (χ0v) is 11.2. The Hall–Kier alpha value is -2.37. The maximum atomic E-state index is 11.4. The molecule has 0 spiro atoms. The van der Waals surface area contributed by atoms with Crippen LogP contribution in [-0.4, -0.2) is 28.1 Å². The fourth-order valence-electron chi connectivity index (χ4n) is 1.77. The van der Waals surface area contributed by atoms with Crippen molar-refractivity contribution in [2.45, 2.75) is 13.5 Å². The van der Waals surface area contributed by atoms with Gasteiger partial charge >= 0.3 is 5.97 Å². The molecule has 0 fully saturated rings. The third-order valence-electron chi connectivity index (χ3n) is 2.76. The van der Waals surface area contributed by atoms with Gasteiger partial charge in [-0.15, -0.1) is 5.10 Å². The van der Waals surface area contributed by atoms with E-state index in [4.69, 9.17) is 0 Å². The molecular formula is C13H16N4O2. The van der Waals surface area contributed by atoms with Crippen molar-refractivity contribution in [1.29, 1.82) is 0 Å². The number of hydrogen-bond acceptors (Lipinski definition) is 5. The van der Waals surface area contributed by atoms with E-state index in [1.807, 2.05) is 26.2 Å². The van der Waals surface area contributed by atoms with Gasteiger partial charge in [0, 0.05) is 18.9 Å². The molecule has 2 rings (SSSR count). The molecule has 0 atom stereocenters. The van der Waals surface area contributed by atoms with Crippen LogP contribution in [0.3, 0.4) is 0 Å². The lowest BCUT2D eigenvalue weighted by Crippen LogP contribution is -2.05. The van der Waals surface area contributed by atoms with Gasteiger partial charge < -0.3 is 10.1 Å². The summed E-state index contributed by atoms with van der Waals surface area (Å²) in [6.07, 6.45) is 1.85. The van der Waals surface area contributed by atoms with E-state index in [1.165, 1.54) is 7.11 Å². The lowest BCUT2D eigenvalue weighted by molar-refractivity contribution is 0.0600. The smallest absolute Gasteiger partial charge is 0.337 e. The van der Waals surface area contributed by atoms with E-state index in [9.17, 15) is 4.79 Å². The normalized spacial score (nSPS) is 10.3. The SMILES string of the molecule is COC(=O)c1ccc(NCc2cn(C)nn2)c(C)c1. The molecule has 2 aromatic rings. The minimum atomic E-state index is -0.330. The third kappa shape index (κ3) is 3.09. The lowest BCUT2D eigenvalue weighted by Gasteiger charge is -2.09. The van der Waals surface area contributed by atoms with Crippen molar-refractivity contribution in [3.63, 3.8) is 0 Å². The molecule has 0 aliphatic carbocycles. The Kier molecular flexibility index (Phi) is 3.79. The van der Waals surface area contributed by atoms with Crippen LogP contribution in [0.1, 0.15) is 21.6 Å². The number of nitrogens with one attached hydrogen (secondary N) is 1. The predicted molar refractivity (Wildman–Crippen MR) is 70.8 cm³/mol. The first kappa shape index (κ1) is 13.1. The van der Waals surface area contributed by atoms with Crippen LogP contribution in [0.2, 0.25) is 0 Å². The number of aryl methyl sites for hydroxylation is 2. The summed E-state index contributed by atoms with van der Waals surface area (Å²) in [7, 11) is 3.20. The van der Waals surface area contributed by atoms with Crippen molar-refractivity contribution < 1.29 is 9.53 Å². The molecule has 0 bridgehead atoms. The molecule has 0 aliphatic rings. The fraction of sp³-hybridized carbons (Fsp3) is 0.308. The maximum Gasteiger partial charge on any atom is 0.337 e. The highest BCUT2D eigenvalue weighted by Crippen LogP contribution is 2.17. The molecular weight excluding hydrogens is 244 g/mol. The molecule has 0 radical (unpaired) electrons. The Morgan fingerprint density at radius 3 is 2.84 bits per heavy atom. The molecule has 19 heavy (non-hydrogen) atoms. The number of benzene rings is 1. The zero-order valence-electron chi connectivity index (χ0n) is 11.2. The van der Waals surface area contributed by atoms with Crippen LogP contribution in [-0.2, 0) is 18.3 Å². The Balaban J connectivity index is 2.07. The quantitative estimate of drug-likeness (QED) is 0.844. The van der Waals surface area contributed by atoms with Gasteiger partial charge in [-0.3, -0.25) is 4.68 Å². The van der Waals surface area contributed by atoms with Gasteiger partial charge in [-0.1, -0.05) is 5.21 Å². The average Bonchev–Trinajstić information content (AvgIpc) is 2.82. The standard InChI is InChI=1S/C13H16N4O2/c1-9-6-10(13(18)19-3)4-5-12(9)14-7-11-8-17(2)16-15-11/h4-6,8,14H,7H2,1-3H3. The monoisotopic (exact) mass is 260 g/mol. The number of carbonyl (C=O) groups excluding carboxylic acids is 1. The third-order valence-corrected chi connectivity index (χ3v) is 2.76. The van der Waals surface area contributed by atoms with Crippen LogP contribution >= 0.6 is 0 Å². The topological polar surface area (TPSA) is 69.0 Å². The van der Waals surface area contributed by atoms with Gasteiger partial charge in [0.1, 0.15) is 5.69 Å². The second-order valence-corrected chi connectivity index (χ2v) is 4.26. The fourth-order valence-corrected chi connectivity index (χ4v) is 1.77. The molecule has 100 valence electrons. The first-order valence-electron chi connectivity index (χ1n) is 5.88. The van der Waals surface area contributed by atoms with Crippen molar-refractivity contribution in [1.82, 2.24) is 15.0 Å². The van der Waals surface area contributed by atoms with Gasteiger partial charge in [0.2, 0.25) is 0 Å². The van der Waals surface area contributed by atoms with E-state index < -0.39 is 0 Å². The van der Waals surface area contributed by atoms with Crippen LogP contribution in [0.4, 0.5) is 5.69 Å². The van der Waals surface area contributed by atoms with E-state index in [1.54, 1.807) is 16.8 Å². The minimum absolute atomic E-state index is 0.330. The predicted octanol–water partition coefficient (Wildman–Crippen LogP) is 1.52. The summed E-state index contributed by atoms with van der Waals surface area (Å²) >= 11 is 0. The summed E-state index contributed by atoms with van der Waals surface area (Å²) < 4.78 is 6.34. The summed E-state index contributed by atoms with van der Waals surface area (Å²) in [5.41, 5.74) is 3.34. The van der Waals surface area contributed by atoms with Gasteiger partial charge in [-0.25, -0.2) is 4.79 Å². The molecule has 0 unspecified atom stereocenters. The Labute approximate surface area is 111 Å². The number of aromatic nitrogens is 3. The molecule has 1 heterocycles. The van der Waals surface area contributed by atoms with Crippen LogP contribution < -0.4 is 5.32 Å². The minimum Gasteiger partial charge on any atom is -0.465 e. The van der Waals surface area contributed by atoms with Gasteiger partial charge in [0.15, 0.2) is 0 Å². The number of rotatable bonds is 4. The number of hydrogen-bond donors (Lipinski definition) is 1. The number of nitrogens with zero attached hydrogens (tertiary/aromatic N) is 3. The molecule has 6 heteroatoms. The zero-order chi connectivity index (χ0) is 13.8. The maximum absolute atomic E-state index is 11.4. The largest absolute Gasteiger partial charge is 0.465 e. The first-order valence-corrected chi connectivity index (χ1v) is 5.88. The van der Waals surface area contributed by atoms with Gasteiger partial charge in [0.25, 0.3) is 0 Å². The molecule has 0 aliphatic heterocycles. The van der Waals surface area contributed by atoms with E-state index in [0.29, 0.717) is 12.1 Å². The summed E-state index contributed by atoms with van der Waals surface area (Å²) in [6.45, 7) is 2.53. The molecule has 0 saturated heterocycles. The Morgan fingerprint density at radius 1 is 1.47 bits per heavy atom. The molecule has 0 saturated carbocycles. The number of anilines is 1. The summed E-state index contributed by atoms with van der Waals surface area (Å²) in [5, 5.41) is 11.1. The van der Waals surface area contributed by atoms with Crippen molar-refractivity contribution in [3.8, 4) is 0 Å². The molecule has 1 aromatic heterocycles. The van der Waals surface area contributed by atoms with E-state index in [0.717, 1.165) is 16.9 Å². The Morgan fingerprint density at radius 2 is 2.26 bits per heavy atom. The number of carbonyl (C=O) groups is 1. The van der Waals surface area contributed by atoms with E-state index in [2.05, 4.69) is 20.4 Å². The van der Waals surface area contributed by atoms with Crippen LogP contribution in [0.5, 0.6) is 0 Å². The first-order chi connectivity index (χ1) is 9.10. The highest BCUT2D eigenvalue weighted by molar-refractivity contribution is 5.90. The number of methoxy groups -OCH3 is 1. The van der Waals surface area contributed by atoms with Crippen LogP contribution in [0.15, 0.2) is 24.4 Å². The number of ether oxygens (including phenoxy) is 1. The van der Waals surface area contributed by atoms with Crippen molar-refractivity contribution in [2.24, 2.45) is 7.05 Å². The van der Waals surface area contributed by atoms with Gasteiger partial charge in [-0.2, -0.15) is 0 Å². The average molecular weight is 260 g/mol. The molecule has 1 aromatic carbocycles. The van der Waals surface area contributed by atoms with Crippen LogP contribution in [0, 0.1) is 6.92 Å². The summed E-state index contributed by atoms with van der Waals surface area (Å²) in [5.74, 6) is -0.330. The Bertz CT molecular complexity index is 592. The van der Waals surface area contributed by atoms with E-state index >= 15 is 0 Å². The lowest BCUT2D eigenvalue weighted by atomic mass is 10.1. The number of esters is 1. The molecule has 1 N–H and O–H groups in total. The summed E-state index contributed by atoms with van der Waals surface area (Å²) in [6, 6.07) is 5.39. The second-order valence-electron chi connectivity index (χ2n) is 4.26. The van der Waals surface area contributed by atoms with Crippen molar-refractivity contribution in [2.75, 3.05) is 12.4 Å². The van der Waals surface area contributed by atoms with Crippen LogP contribution in [0.25, 0.3) is 0 Å². The van der Waals surface area contributed by atoms with Crippen molar-refractivity contribution >= 4 is 11.7 Å². The highest BCUT2D eigenvalue weighted by atomic mass is 16.5. The van der Waals surface area contributed by atoms with E-state index in [-0.39, 0.29) is 5.97 Å². The molecule has 6 nitrogen and oxygen atoms in total. The highest BCUT2D eigenvalue weighted by Gasteiger charge is 2.07. The second kappa shape index (κ2) is 5.51. The van der Waals surface area contributed by atoms with Crippen molar-refractivity contribution in [3.05, 3.63) is 41.2 Å². The molecule has 0 amide bonds. The van der Waals surface area contributed by atoms with Gasteiger partial charge in [0.05, 0.1) is 19.2 Å². The van der Waals surface area contributed by atoms with Gasteiger partial charge in [-0.05, 0) is 30.7 Å².